The van der Waals surface area contributed by atoms with Gasteiger partial charge < -0.3 is 25.2 Å². The molecule has 39 heavy (non-hydrogen) atoms. The Balaban J connectivity index is 1.95. The number of allylic oxidation sites excluding steroid dienone is 1. The fraction of sp³-hybridized carbons (Fsp3) is 0.387. The van der Waals surface area contributed by atoms with Crippen molar-refractivity contribution in [3.05, 3.63) is 77.1 Å². The van der Waals surface area contributed by atoms with Gasteiger partial charge in [-0.15, -0.1) is 11.8 Å². The van der Waals surface area contributed by atoms with Crippen LogP contribution in [0.4, 0.5) is 0 Å². The van der Waals surface area contributed by atoms with Gasteiger partial charge in [0.1, 0.15) is 0 Å². The Hall–Kier alpha value is -3.04. The molecule has 0 bridgehead atoms. The summed E-state index contributed by atoms with van der Waals surface area (Å²) in [6.45, 7) is 7.02. The van der Waals surface area contributed by atoms with Gasteiger partial charge in [-0.05, 0) is 63.0 Å². The monoisotopic (exact) mass is 545 g/mol. The molecule has 5 rings (SSSR count). The second-order valence-corrected chi connectivity index (χ2v) is 11.8. The van der Waals surface area contributed by atoms with E-state index in [0.717, 1.165) is 69.7 Å². The Bertz CT molecular complexity index is 1510. The van der Waals surface area contributed by atoms with E-state index in [1.807, 2.05) is 33.0 Å². The Morgan fingerprint density at radius 1 is 1.18 bits per heavy atom. The van der Waals surface area contributed by atoms with Crippen molar-refractivity contribution in [3.63, 3.8) is 0 Å². The molecule has 3 heterocycles. The molecule has 5 N–H and O–H groups in total. The second-order valence-electron chi connectivity index (χ2n) is 11.0. The number of hydrogen-bond donors (Lipinski definition) is 3. The predicted octanol–water partition coefficient (Wildman–Crippen LogP) is 5.61. The summed E-state index contributed by atoms with van der Waals surface area (Å²) in [5, 5.41) is 13.6. The number of thioether (sulfide) groups is 1. The molecule has 0 spiro atoms. The van der Waals surface area contributed by atoms with Crippen molar-refractivity contribution < 1.29 is 9.84 Å². The van der Waals surface area contributed by atoms with Crippen LogP contribution in [0, 0.1) is 5.92 Å². The normalized spacial score (nSPS) is 16.5. The average Bonchev–Trinajstić information content (AvgIpc) is 3.23. The van der Waals surface area contributed by atoms with Crippen molar-refractivity contribution >= 4 is 39.4 Å². The highest BCUT2D eigenvalue weighted by molar-refractivity contribution is 7.98. The van der Waals surface area contributed by atoms with E-state index in [1.54, 1.807) is 23.8 Å². The minimum atomic E-state index is -0.980. The minimum Gasteiger partial charge on any atom is -0.401 e. The zero-order chi connectivity index (χ0) is 27.9. The van der Waals surface area contributed by atoms with E-state index in [0.29, 0.717) is 11.6 Å². The highest BCUT2D eigenvalue weighted by atomic mass is 32.2. The van der Waals surface area contributed by atoms with Gasteiger partial charge in [0, 0.05) is 48.0 Å². The van der Waals surface area contributed by atoms with Crippen LogP contribution in [0.1, 0.15) is 56.3 Å². The van der Waals surface area contributed by atoms with Crippen LogP contribution in [0.15, 0.2) is 65.3 Å². The predicted molar refractivity (Wildman–Crippen MR) is 161 cm³/mol. The summed E-state index contributed by atoms with van der Waals surface area (Å²) in [7, 11) is 1.81. The Morgan fingerprint density at radius 2 is 1.87 bits per heavy atom. The Kier molecular flexibility index (Phi) is 7.66. The fourth-order valence-corrected chi connectivity index (χ4v) is 6.75. The van der Waals surface area contributed by atoms with Crippen LogP contribution in [-0.4, -0.2) is 46.2 Å². The average molecular weight is 546 g/mol. The molecule has 0 radical (unpaired) electrons. The van der Waals surface area contributed by atoms with Gasteiger partial charge in [-0.1, -0.05) is 42.5 Å². The maximum absolute atomic E-state index is 11.0. The van der Waals surface area contributed by atoms with E-state index in [9.17, 15) is 5.11 Å². The summed E-state index contributed by atoms with van der Waals surface area (Å²) < 4.78 is 8.26. The molecule has 7 nitrogen and oxygen atoms in total. The maximum Gasteiger partial charge on any atom is 0.0972 e. The molecule has 0 aliphatic carbocycles. The molecule has 2 aromatic carbocycles. The third kappa shape index (κ3) is 5.02. The molecule has 0 amide bonds. The molecule has 1 atom stereocenters. The number of nitrogens with two attached hydrogens (primary N) is 2. The van der Waals surface area contributed by atoms with E-state index < -0.39 is 5.60 Å². The van der Waals surface area contributed by atoms with Gasteiger partial charge in [0.15, 0.2) is 0 Å². The zero-order valence-corrected chi connectivity index (χ0v) is 24.3. The van der Waals surface area contributed by atoms with Gasteiger partial charge in [-0.3, -0.25) is 4.98 Å². The van der Waals surface area contributed by atoms with Crippen molar-refractivity contribution in [2.24, 2.45) is 17.5 Å². The number of fused-ring (bicyclic) bond motifs is 3. The van der Waals surface area contributed by atoms with Gasteiger partial charge in [0.2, 0.25) is 0 Å². The van der Waals surface area contributed by atoms with Crippen LogP contribution in [0.5, 0.6) is 0 Å². The highest BCUT2D eigenvalue weighted by Crippen LogP contribution is 2.45. The zero-order valence-electron chi connectivity index (χ0n) is 23.4. The number of aliphatic hydroxyl groups is 1. The number of benzene rings is 2. The first-order valence-corrected chi connectivity index (χ1v) is 14.7. The number of hydrogen-bond acceptors (Lipinski definition) is 7. The molecule has 2 aromatic heterocycles. The summed E-state index contributed by atoms with van der Waals surface area (Å²) in [5.74, 6) is 6.66. The number of hydrazine groups is 1. The molecular weight excluding hydrogens is 506 g/mol. The summed E-state index contributed by atoms with van der Waals surface area (Å²) >= 11 is 1.68. The highest BCUT2D eigenvalue weighted by Gasteiger charge is 2.32. The van der Waals surface area contributed by atoms with Crippen LogP contribution in [0.25, 0.3) is 27.6 Å². The quantitative estimate of drug-likeness (QED) is 0.158. The van der Waals surface area contributed by atoms with E-state index in [1.165, 1.54) is 5.56 Å². The van der Waals surface area contributed by atoms with Gasteiger partial charge in [-0.25, -0.2) is 5.84 Å². The Labute approximate surface area is 234 Å². The van der Waals surface area contributed by atoms with E-state index in [2.05, 4.69) is 53.3 Å². The molecule has 1 aliphatic rings. The van der Waals surface area contributed by atoms with Gasteiger partial charge in [0.05, 0.1) is 33.9 Å². The van der Waals surface area contributed by atoms with Gasteiger partial charge in [0.25, 0.3) is 0 Å². The third-order valence-corrected chi connectivity index (χ3v) is 8.61. The maximum atomic E-state index is 11.0. The Morgan fingerprint density at radius 3 is 2.46 bits per heavy atom. The lowest BCUT2D eigenvalue weighted by atomic mass is 9.86. The summed E-state index contributed by atoms with van der Waals surface area (Å²) in [5.41, 5.74) is 12.8. The summed E-state index contributed by atoms with van der Waals surface area (Å²) in [6, 6.07) is 17.0. The number of rotatable bonds is 7. The van der Waals surface area contributed by atoms with Crippen molar-refractivity contribution in [1.29, 1.82) is 0 Å². The standard InChI is InChI=1S/C31H39N5O2S/c1-19(32)27(35(4)33)24-18-34-26-23-12-11-22(31(2,3)37)17-25(23)36(29(26)30(24)39-5)28(20-9-7-6-8-10-20)21-13-15-38-16-14-21/h6-12,17-18,21,28,37H,13-16,32-33H2,1-5H3/b27-19-. The van der Waals surface area contributed by atoms with Crippen molar-refractivity contribution in [3.8, 4) is 0 Å². The van der Waals surface area contributed by atoms with E-state index in [-0.39, 0.29) is 6.04 Å². The molecular formula is C31H39N5O2S. The first kappa shape index (κ1) is 27.5. The largest absolute Gasteiger partial charge is 0.401 e. The topological polar surface area (TPSA) is 103 Å². The molecule has 1 unspecified atom stereocenters. The van der Waals surface area contributed by atoms with Crippen LogP contribution in [0.2, 0.25) is 0 Å². The summed E-state index contributed by atoms with van der Waals surface area (Å²) in [4.78, 5) is 6.12. The molecule has 1 saturated heterocycles. The minimum absolute atomic E-state index is 0.0529. The number of aromatic nitrogens is 2. The summed E-state index contributed by atoms with van der Waals surface area (Å²) in [6.07, 6.45) is 5.91. The number of pyridine rings is 1. The number of ether oxygens (including phenoxy) is 1. The molecule has 206 valence electrons. The van der Waals surface area contributed by atoms with Crippen molar-refractivity contribution in [1.82, 2.24) is 14.6 Å². The molecule has 4 aromatic rings. The van der Waals surface area contributed by atoms with Crippen LogP contribution < -0.4 is 11.6 Å². The lowest BCUT2D eigenvalue weighted by Crippen LogP contribution is -2.28. The molecule has 1 fully saturated rings. The fourth-order valence-electron chi connectivity index (χ4n) is 6.00. The smallest absolute Gasteiger partial charge is 0.0972 e. The van der Waals surface area contributed by atoms with Gasteiger partial charge in [-0.2, -0.15) is 0 Å². The lowest BCUT2D eigenvalue weighted by molar-refractivity contribution is 0.0552. The van der Waals surface area contributed by atoms with E-state index >= 15 is 0 Å². The number of nitrogens with zero attached hydrogens (tertiary/aromatic N) is 3. The van der Waals surface area contributed by atoms with Crippen molar-refractivity contribution in [2.45, 2.75) is 50.2 Å². The molecule has 1 aliphatic heterocycles. The molecule has 8 heteroatoms. The van der Waals surface area contributed by atoms with Crippen LogP contribution in [0.3, 0.4) is 0 Å². The van der Waals surface area contributed by atoms with Crippen LogP contribution >= 0.6 is 11.8 Å². The van der Waals surface area contributed by atoms with E-state index in [4.69, 9.17) is 21.3 Å². The first-order chi connectivity index (χ1) is 18.6. The SMILES string of the molecule is CSc1c(/C(=C(\C)N)N(C)N)cnc2c3ccc(C(C)(C)O)cc3n(C(c3ccccc3)C3CCOCC3)c12. The van der Waals surface area contributed by atoms with Crippen LogP contribution in [-0.2, 0) is 10.3 Å². The molecule has 0 saturated carbocycles. The van der Waals surface area contributed by atoms with Crippen molar-refractivity contribution in [2.75, 3.05) is 26.5 Å². The van der Waals surface area contributed by atoms with Gasteiger partial charge >= 0.3 is 0 Å². The second kappa shape index (κ2) is 10.8. The first-order valence-electron chi connectivity index (χ1n) is 13.4. The third-order valence-electron chi connectivity index (χ3n) is 7.78. The lowest BCUT2D eigenvalue weighted by Gasteiger charge is -2.33.